The fourth-order valence-electron chi connectivity index (χ4n) is 3.51. The minimum absolute atomic E-state index is 0.164. The van der Waals surface area contributed by atoms with Gasteiger partial charge in [0.2, 0.25) is 5.91 Å². The Morgan fingerprint density at radius 3 is 2.50 bits per heavy atom. The molecule has 0 unspecified atom stereocenters. The molecule has 1 aliphatic carbocycles. The van der Waals surface area contributed by atoms with E-state index in [4.69, 9.17) is 0 Å². The van der Waals surface area contributed by atoms with Gasteiger partial charge in [-0.25, -0.2) is 0 Å². The second-order valence-corrected chi connectivity index (χ2v) is 7.10. The highest BCUT2D eigenvalue weighted by atomic mass is 19.4. The molecule has 1 amide bonds. The molecule has 4 rings (SSSR count). The van der Waals surface area contributed by atoms with E-state index >= 15 is 0 Å². The maximum atomic E-state index is 12.9. The van der Waals surface area contributed by atoms with Crippen LogP contribution in [-0.4, -0.2) is 30.0 Å². The van der Waals surface area contributed by atoms with Crippen LogP contribution in [0.25, 0.3) is 10.9 Å². The lowest BCUT2D eigenvalue weighted by Crippen LogP contribution is -2.45. The van der Waals surface area contributed by atoms with Crippen LogP contribution in [-0.2, 0) is 11.0 Å². The average Bonchev–Trinajstić information content (AvgIpc) is 3.46. The van der Waals surface area contributed by atoms with Crippen molar-refractivity contribution in [3.05, 3.63) is 36.0 Å². The second kappa shape index (κ2) is 6.45. The minimum Gasteiger partial charge on any atom is -0.371 e. The number of hydrogen-bond acceptors (Lipinski definition) is 3. The summed E-state index contributed by atoms with van der Waals surface area (Å²) in [4.78, 5) is 18.2. The number of hydrogen-bond donors (Lipinski definition) is 1. The van der Waals surface area contributed by atoms with E-state index in [1.54, 1.807) is 6.20 Å². The van der Waals surface area contributed by atoms with Crippen LogP contribution >= 0.6 is 0 Å². The lowest BCUT2D eigenvalue weighted by molar-refractivity contribution is -0.137. The molecule has 7 heteroatoms. The van der Waals surface area contributed by atoms with Gasteiger partial charge in [0.25, 0.3) is 0 Å². The van der Waals surface area contributed by atoms with E-state index in [0.29, 0.717) is 5.52 Å². The monoisotopic (exact) mass is 363 g/mol. The standard InChI is InChI=1S/C19H20F3N3O/c20-19(21,22)13-3-4-15-16(11-13)23-8-5-17(15)25-9-6-14(7-10-25)24-18(26)12-1-2-12/h3-5,8,11-12,14H,1-2,6-7,9-10H2,(H,24,26). The molecular formula is C19H20F3N3O. The number of fused-ring (bicyclic) bond motifs is 1. The molecule has 1 aromatic carbocycles. The van der Waals surface area contributed by atoms with Crippen LogP contribution in [0.2, 0.25) is 0 Å². The van der Waals surface area contributed by atoms with Gasteiger partial charge in [-0.2, -0.15) is 13.2 Å². The van der Waals surface area contributed by atoms with Crippen molar-refractivity contribution in [3.63, 3.8) is 0 Å². The molecule has 138 valence electrons. The van der Waals surface area contributed by atoms with Crippen LogP contribution in [0.15, 0.2) is 30.5 Å². The zero-order valence-electron chi connectivity index (χ0n) is 14.2. The number of anilines is 1. The van der Waals surface area contributed by atoms with E-state index in [9.17, 15) is 18.0 Å². The zero-order valence-corrected chi connectivity index (χ0v) is 14.2. The Balaban J connectivity index is 1.49. The largest absolute Gasteiger partial charge is 0.416 e. The molecule has 2 aromatic rings. The van der Waals surface area contributed by atoms with Crippen LogP contribution in [0.1, 0.15) is 31.2 Å². The Morgan fingerprint density at radius 1 is 1.12 bits per heavy atom. The predicted octanol–water partition coefficient (Wildman–Crippen LogP) is 3.75. The van der Waals surface area contributed by atoms with Crippen molar-refractivity contribution in [2.24, 2.45) is 5.92 Å². The summed E-state index contributed by atoms with van der Waals surface area (Å²) in [5.74, 6) is 0.373. The molecule has 0 radical (unpaired) electrons. The van der Waals surface area contributed by atoms with E-state index in [0.717, 1.165) is 62.0 Å². The van der Waals surface area contributed by atoms with E-state index < -0.39 is 11.7 Å². The number of nitrogens with one attached hydrogen (secondary N) is 1. The van der Waals surface area contributed by atoms with Crippen LogP contribution in [0, 0.1) is 5.92 Å². The third-order valence-corrected chi connectivity index (χ3v) is 5.18. The number of halogens is 3. The summed E-state index contributed by atoms with van der Waals surface area (Å²) in [6, 6.07) is 5.74. The first kappa shape index (κ1) is 17.1. The first-order valence-electron chi connectivity index (χ1n) is 8.93. The summed E-state index contributed by atoms with van der Waals surface area (Å²) < 4.78 is 38.7. The number of pyridine rings is 1. The van der Waals surface area contributed by atoms with E-state index in [2.05, 4.69) is 15.2 Å². The van der Waals surface area contributed by atoms with Gasteiger partial charge >= 0.3 is 6.18 Å². The maximum absolute atomic E-state index is 12.9. The Kier molecular flexibility index (Phi) is 4.25. The smallest absolute Gasteiger partial charge is 0.371 e. The van der Waals surface area contributed by atoms with Gasteiger partial charge in [0.15, 0.2) is 0 Å². The molecule has 2 aliphatic rings. The molecule has 26 heavy (non-hydrogen) atoms. The molecule has 1 N–H and O–H groups in total. The highest BCUT2D eigenvalue weighted by Gasteiger charge is 2.32. The third kappa shape index (κ3) is 3.48. The number of alkyl halides is 3. The number of aromatic nitrogens is 1. The highest BCUT2D eigenvalue weighted by molar-refractivity contribution is 5.92. The van der Waals surface area contributed by atoms with Gasteiger partial charge in [0.1, 0.15) is 0 Å². The number of benzene rings is 1. The second-order valence-electron chi connectivity index (χ2n) is 7.10. The Morgan fingerprint density at radius 2 is 1.85 bits per heavy atom. The third-order valence-electron chi connectivity index (χ3n) is 5.18. The van der Waals surface area contributed by atoms with Crippen molar-refractivity contribution in [3.8, 4) is 0 Å². The van der Waals surface area contributed by atoms with Gasteiger partial charge in [-0.15, -0.1) is 0 Å². The van der Waals surface area contributed by atoms with Crippen LogP contribution in [0.5, 0.6) is 0 Å². The topological polar surface area (TPSA) is 45.2 Å². The Hall–Kier alpha value is -2.31. The molecule has 2 heterocycles. The van der Waals surface area contributed by atoms with E-state index in [1.165, 1.54) is 6.07 Å². The van der Waals surface area contributed by atoms with Crippen LogP contribution < -0.4 is 10.2 Å². The number of rotatable bonds is 3. The molecule has 0 atom stereocenters. The predicted molar refractivity (Wildman–Crippen MR) is 92.8 cm³/mol. The number of carbonyl (C=O) groups excluding carboxylic acids is 1. The van der Waals surface area contributed by atoms with Crippen molar-refractivity contribution in [1.29, 1.82) is 0 Å². The summed E-state index contributed by atoms with van der Waals surface area (Å²) in [6.07, 6.45) is 0.843. The number of amides is 1. The summed E-state index contributed by atoms with van der Waals surface area (Å²) in [6.45, 7) is 1.52. The minimum atomic E-state index is -4.37. The molecule has 0 bridgehead atoms. The summed E-state index contributed by atoms with van der Waals surface area (Å²) in [5.41, 5.74) is 0.563. The normalized spacial score (nSPS) is 19.0. The number of carbonyl (C=O) groups is 1. The molecule has 0 spiro atoms. The fourth-order valence-corrected chi connectivity index (χ4v) is 3.51. The fraction of sp³-hybridized carbons (Fsp3) is 0.474. The lowest BCUT2D eigenvalue weighted by Gasteiger charge is -2.34. The van der Waals surface area contributed by atoms with Gasteiger partial charge in [-0.3, -0.25) is 9.78 Å². The van der Waals surface area contributed by atoms with E-state index in [-0.39, 0.29) is 17.9 Å². The van der Waals surface area contributed by atoms with E-state index in [1.807, 2.05) is 6.07 Å². The maximum Gasteiger partial charge on any atom is 0.416 e. The highest BCUT2D eigenvalue weighted by Crippen LogP contribution is 2.34. The van der Waals surface area contributed by atoms with Crippen molar-refractivity contribution in [2.75, 3.05) is 18.0 Å². The average molecular weight is 363 g/mol. The van der Waals surface area contributed by atoms with Gasteiger partial charge < -0.3 is 10.2 Å². The van der Waals surface area contributed by atoms with Crippen molar-refractivity contribution in [1.82, 2.24) is 10.3 Å². The molecule has 1 saturated heterocycles. The Labute approximate surface area is 149 Å². The molecular weight excluding hydrogens is 343 g/mol. The van der Waals surface area contributed by atoms with Crippen LogP contribution in [0.4, 0.5) is 18.9 Å². The van der Waals surface area contributed by atoms with Crippen molar-refractivity contribution < 1.29 is 18.0 Å². The molecule has 2 fully saturated rings. The van der Waals surface area contributed by atoms with Crippen LogP contribution in [0.3, 0.4) is 0 Å². The van der Waals surface area contributed by atoms with Crippen molar-refractivity contribution in [2.45, 2.75) is 37.9 Å². The summed E-state index contributed by atoms with van der Waals surface area (Å²) in [5, 5.41) is 3.83. The molecule has 1 aromatic heterocycles. The Bertz CT molecular complexity index is 824. The van der Waals surface area contributed by atoms with Gasteiger partial charge in [-0.1, -0.05) is 6.07 Å². The van der Waals surface area contributed by atoms with Gasteiger partial charge in [-0.05, 0) is 43.9 Å². The first-order chi connectivity index (χ1) is 12.4. The number of nitrogens with zero attached hydrogens (tertiary/aromatic N) is 2. The SMILES string of the molecule is O=C(NC1CCN(c2ccnc3cc(C(F)(F)F)ccc23)CC1)C1CC1. The quantitative estimate of drug-likeness (QED) is 0.903. The van der Waals surface area contributed by atoms with Gasteiger partial charge in [0, 0.05) is 42.3 Å². The summed E-state index contributed by atoms with van der Waals surface area (Å²) in [7, 11) is 0. The zero-order chi connectivity index (χ0) is 18.3. The van der Waals surface area contributed by atoms with Gasteiger partial charge in [0.05, 0.1) is 11.1 Å². The molecule has 1 aliphatic heterocycles. The lowest BCUT2D eigenvalue weighted by atomic mass is 10.0. The summed E-state index contributed by atoms with van der Waals surface area (Å²) >= 11 is 0. The first-order valence-corrected chi connectivity index (χ1v) is 8.93. The molecule has 1 saturated carbocycles. The number of piperidine rings is 1. The molecule has 4 nitrogen and oxygen atoms in total. The van der Waals surface area contributed by atoms with Crippen molar-refractivity contribution >= 4 is 22.5 Å².